The Morgan fingerprint density at radius 1 is 1.36 bits per heavy atom. The van der Waals surface area contributed by atoms with Gasteiger partial charge < -0.3 is 14.3 Å². The quantitative estimate of drug-likeness (QED) is 0.603. The van der Waals surface area contributed by atoms with Crippen LogP contribution in [0.15, 0.2) is 17.3 Å². The van der Waals surface area contributed by atoms with Crippen molar-refractivity contribution in [2.75, 3.05) is 20.1 Å². The summed E-state index contributed by atoms with van der Waals surface area (Å²) in [6, 6.07) is 3.70. The molecule has 6 nitrogen and oxygen atoms in total. The Balaban J connectivity index is 1.66. The van der Waals surface area contributed by atoms with Crippen LogP contribution in [0.25, 0.3) is 0 Å². The van der Waals surface area contributed by atoms with E-state index in [-0.39, 0.29) is 23.4 Å². The molecule has 0 bridgehead atoms. The first-order valence-electron chi connectivity index (χ1n) is 10.7. The van der Waals surface area contributed by atoms with E-state index in [1.54, 1.807) is 6.07 Å². The molecule has 2 unspecified atom stereocenters. The van der Waals surface area contributed by atoms with Crippen molar-refractivity contribution in [1.29, 1.82) is 0 Å². The van der Waals surface area contributed by atoms with Gasteiger partial charge in [0.05, 0.1) is 26.1 Å². The molecule has 4 aliphatic rings. The van der Waals surface area contributed by atoms with Crippen molar-refractivity contribution in [2.24, 2.45) is 11.1 Å². The zero-order chi connectivity index (χ0) is 19.7. The number of quaternary nitrogens is 1. The molecule has 1 aromatic rings. The van der Waals surface area contributed by atoms with Gasteiger partial charge in [0.15, 0.2) is 17.6 Å². The highest BCUT2D eigenvalue weighted by atomic mass is 16.5. The number of nitrogens with zero attached hydrogens (tertiary/aromatic N) is 2. The normalized spacial score (nSPS) is 35.1. The Morgan fingerprint density at radius 2 is 2.14 bits per heavy atom. The first kappa shape index (κ1) is 18.3. The number of nitroso groups, excluding NO2 is 1. The van der Waals surface area contributed by atoms with Gasteiger partial charge in [-0.3, -0.25) is 4.79 Å². The second-order valence-corrected chi connectivity index (χ2v) is 9.60. The number of Topliss-reactive ketones (excluding diaryl/α,β-unsaturated/α-hetero) is 1. The minimum atomic E-state index is -0.989. The molecule has 5 rings (SSSR count). The summed E-state index contributed by atoms with van der Waals surface area (Å²) in [5.74, 6) is 0.829. The van der Waals surface area contributed by atoms with Gasteiger partial charge in [0, 0.05) is 24.3 Å². The van der Waals surface area contributed by atoms with Gasteiger partial charge in [0.25, 0.3) is 0 Å². The molecule has 6 heteroatoms. The summed E-state index contributed by atoms with van der Waals surface area (Å²) in [6.07, 6.45) is 4.50. The Morgan fingerprint density at radius 3 is 2.82 bits per heavy atom. The molecule has 1 aromatic carbocycles. The van der Waals surface area contributed by atoms with Crippen LogP contribution >= 0.6 is 0 Å². The van der Waals surface area contributed by atoms with Crippen LogP contribution in [0, 0.1) is 10.8 Å². The summed E-state index contributed by atoms with van der Waals surface area (Å²) >= 11 is 0. The van der Waals surface area contributed by atoms with Crippen molar-refractivity contribution >= 4 is 11.5 Å². The SMILES string of the molecule is CCC[N+](C)(CC1CC1)[C@@H]1Cc2ccc(N=O)c3c2C2[C@@H](O3)C(=O)CC[C@]21O. The first-order chi connectivity index (χ1) is 13.4. The number of hydrogen-bond donors (Lipinski definition) is 1. The highest BCUT2D eigenvalue weighted by Gasteiger charge is 2.65. The summed E-state index contributed by atoms with van der Waals surface area (Å²) in [6.45, 7) is 4.31. The fourth-order valence-electron chi connectivity index (χ4n) is 6.37. The Hall–Kier alpha value is -1.79. The smallest absolute Gasteiger partial charge is 0.174 e. The van der Waals surface area contributed by atoms with Crippen LogP contribution < -0.4 is 4.74 Å². The Bertz CT molecular complexity index is 851. The maximum absolute atomic E-state index is 12.7. The molecule has 2 saturated carbocycles. The van der Waals surface area contributed by atoms with Crippen molar-refractivity contribution in [3.8, 4) is 5.75 Å². The van der Waals surface area contributed by atoms with Gasteiger partial charge in [-0.2, -0.15) is 0 Å². The first-order valence-corrected chi connectivity index (χ1v) is 10.7. The minimum Gasteiger partial charge on any atom is -0.479 e. The summed E-state index contributed by atoms with van der Waals surface area (Å²) < 4.78 is 6.85. The van der Waals surface area contributed by atoms with Crippen LogP contribution in [0.4, 0.5) is 5.69 Å². The van der Waals surface area contributed by atoms with Crippen molar-refractivity contribution in [3.63, 3.8) is 0 Å². The van der Waals surface area contributed by atoms with Crippen LogP contribution in [0.5, 0.6) is 5.75 Å². The highest BCUT2D eigenvalue weighted by molar-refractivity contribution is 5.88. The van der Waals surface area contributed by atoms with Gasteiger partial charge in [0.1, 0.15) is 17.3 Å². The largest absolute Gasteiger partial charge is 0.479 e. The van der Waals surface area contributed by atoms with Crippen molar-refractivity contribution in [1.82, 2.24) is 0 Å². The predicted octanol–water partition coefficient (Wildman–Crippen LogP) is 3.21. The van der Waals surface area contributed by atoms with E-state index in [1.807, 2.05) is 6.07 Å². The lowest BCUT2D eigenvalue weighted by molar-refractivity contribution is -0.942. The number of likely N-dealkylation sites (N-methyl/N-ethyl adjacent to an activating group) is 1. The number of benzene rings is 1. The van der Waals surface area contributed by atoms with Crippen molar-refractivity contribution in [3.05, 3.63) is 28.2 Å². The lowest BCUT2D eigenvalue weighted by atomic mass is 9.61. The second-order valence-electron chi connectivity index (χ2n) is 9.60. The number of aliphatic hydroxyl groups is 1. The summed E-state index contributed by atoms with van der Waals surface area (Å²) in [4.78, 5) is 24.0. The molecule has 1 aliphatic heterocycles. The minimum absolute atomic E-state index is 0.0289. The van der Waals surface area contributed by atoms with E-state index < -0.39 is 11.7 Å². The molecule has 1 N–H and O–H groups in total. The predicted molar refractivity (Wildman–Crippen MR) is 105 cm³/mol. The van der Waals surface area contributed by atoms with E-state index in [2.05, 4.69) is 19.1 Å². The van der Waals surface area contributed by atoms with Crippen LogP contribution in [-0.2, 0) is 11.2 Å². The van der Waals surface area contributed by atoms with Crippen LogP contribution in [0.2, 0.25) is 0 Å². The second kappa shape index (κ2) is 6.10. The van der Waals surface area contributed by atoms with E-state index in [0.29, 0.717) is 18.6 Å². The van der Waals surface area contributed by atoms with Crippen LogP contribution in [0.1, 0.15) is 56.1 Å². The maximum atomic E-state index is 12.7. The third-order valence-corrected chi connectivity index (χ3v) is 7.70. The van der Waals surface area contributed by atoms with Crippen LogP contribution in [0.3, 0.4) is 0 Å². The molecule has 150 valence electrons. The molecule has 0 aromatic heterocycles. The molecule has 0 saturated heterocycles. The topological polar surface area (TPSA) is 76.0 Å². The average molecular weight is 385 g/mol. The number of carbonyl (C=O) groups excluding carboxylic acids is 1. The van der Waals surface area contributed by atoms with E-state index >= 15 is 0 Å². The monoisotopic (exact) mass is 385 g/mol. The molecule has 28 heavy (non-hydrogen) atoms. The third kappa shape index (κ3) is 2.43. The zero-order valence-corrected chi connectivity index (χ0v) is 16.7. The summed E-state index contributed by atoms with van der Waals surface area (Å²) in [5, 5.41) is 15.2. The zero-order valence-electron chi connectivity index (χ0n) is 16.7. The lowest BCUT2D eigenvalue weighted by Crippen LogP contribution is -2.70. The molecule has 3 aliphatic carbocycles. The maximum Gasteiger partial charge on any atom is 0.174 e. The number of ether oxygens (including phenoxy) is 1. The number of hydrogen-bond acceptors (Lipinski definition) is 5. The van der Waals surface area contributed by atoms with E-state index in [0.717, 1.165) is 47.5 Å². The molecule has 0 spiro atoms. The van der Waals surface area contributed by atoms with Gasteiger partial charge in [0.2, 0.25) is 0 Å². The molecular formula is C22H29N2O4+. The number of ketones is 1. The molecule has 0 radical (unpaired) electrons. The lowest BCUT2D eigenvalue weighted by Gasteiger charge is -2.55. The fourth-order valence-corrected chi connectivity index (χ4v) is 6.37. The number of rotatable bonds is 6. The van der Waals surface area contributed by atoms with E-state index in [1.165, 1.54) is 12.8 Å². The Labute approximate surface area is 165 Å². The van der Waals surface area contributed by atoms with Crippen molar-refractivity contribution < 1.29 is 19.1 Å². The van der Waals surface area contributed by atoms with Crippen LogP contribution in [-0.4, -0.2) is 53.3 Å². The standard InChI is InChI=1S/C22H29N2O4/c1-3-10-24(2,12-13-4-5-13)17-11-14-6-7-15(23-27)20-18(14)19-21(28-20)16(25)8-9-22(17,19)26/h6-7,13,17,19,21,26H,3-5,8-12H2,1-2H3/q+1/t17-,19?,21+,22-,24?/m1/s1. The van der Waals surface area contributed by atoms with Gasteiger partial charge in [-0.05, 0) is 42.5 Å². The molecular weight excluding hydrogens is 356 g/mol. The highest BCUT2D eigenvalue weighted by Crippen LogP contribution is 2.59. The van der Waals surface area contributed by atoms with Gasteiger partial charge in [-0.1, -0.05) is 13.0 Å². The Kier molecular flexibility index (Phi) is 3.98. The number of carbonyl (C=O) groups is 1. The summed E-state index contributed by atoms with van der Waals surface area (Å²) in [7, 11) is 2.29. The van der Waals surface area contributed by atoms with E-state index in [9.17, 15) is 14.8 Å². The van der Waals surface area contributed by atoms with Crippen molar-refractivity contribution in [2.45, 2.75) is 69.1 Å². The van der Waals surface area contributed by atoms with Gasteiger partial charge >= 0.3 is 0 Å². The van der Waals surface area contributed by atoms with E-state index in [4.69, 9.17) is 4.74 Å². The summed E-state index contributed by atoms with van der Waals surface area (Å²) in [5.41, 5.74) is 1.22. The third-order valence-electron chi connectivity index (χ3n) is 7.70. The van der Waals surface area contributed by atoms with Gasteiger partial charge in [-0.25, -0.2) is 0 Å². The van der Waals surface area contributed by atoms with Gasteiger partial charge in [-0.15, -0.1) is 4.91 Å². The molecule has 5 atom stereocenters. The molecule has 1 heterocycles. The fraction of sp³-hybridized carbons (Fsp3) is 0.682. The molecule has 0 amide bonds. The molecule has 2 fully saturated rings. The average Bonchev–Trinajstić information content (AvgIpc) is 3.37.